The Morgan fingerprint density at radius 1 is 1.71 bits per heavy atom. The van der Waals surface area contributed by atoms with Crippen LogP contribution in [0.15, 0.2) is 12.8 Å². The zero-order valence-corrected chi connectivity index (χ0v) is 5.60. The molecule has 3 heteroatoms. The quantitative estimate of drug-likeness (QED) is 0.396. The molecule has 1 nitrogen and oxygen atoms in total. The van der Waals surface area contributed by atoms with Crippen LogP contribution in [0.1, 0.15) is 0 Å². The minimum atomic E-state index is 1.15. The van der Waals surface area contributed by atoms with Crippen molar-refractivity contribution in [2.75, 3.05) is 12.3 Å². The minimum Gasteiger partial charge on any atom is -0.314 e. The first kappa shape index (κ1) is 5.38. The largest absolute Gasteiger partial charge is 0.314 e. The second-order valence-corrected chi connectivity index (χ2v) is 3.64. The molecule has 0 aromatic carbocycles. The lowest BCUT2D eigenvalue weighted by Gasteiger charge is -2.03. The van der Waals surface area contributed by atoms with Gasteiger partial charge in [-0.15, -0.1) is 0 Å². The summed E-state index contributed by atoms with van der Waals surface area (Å²) >= 11 is 0. The topological polar surface area (TPSA) is 3.24 Å². The summed E-state index contributed by atoms with van der Waals surface area (Å²) < 4.78 is 2.13. The van der Waals surface area contributed by atoms with Gasteiger partial charge in [-0.3, -0.25) is 0 Å². The van der Waals surface area contributed by atoms with Crippen molar-refractivity contribution in [2.45, 2.75) is 0 Å². The highest BCUT2D eigenvalue weighted by molar-refractivity contribution is 8.76. The lowest BCUT2D eigenvalue weighted by atomic mass is 10.7. The lowest BCUT2D eigenvalue weighted by Crippen LogP contribution is -2.01. The summed E-state index contributed by atoms with van der Waals surface area (Å²) in [6, 6.07) is 0. The minimum absolute atomic E-state index is 1.15. The van der Waals surface area contributed by atoms with E-state index >= 15 is 0 Å². The Balaban J connectivity index is 2.26. The fraction of sp³-hybridized carbons (Fsp3) is 0.500. The predicted octanol–water partition coefficient (Wildman–Crippen LogP) is 1.74. The van der Waals surface area contributed by atoms with Gasteiger partial charge in [-0.25, -0.2) is 0 Å². The molecule has 1 heterocycles. The van der Waals surface area contributed by atoms with Crippen LogP contribution in [0, 0.1) is 0 Å². The summed E-state index contributed by atoms with van der Waals surface area (Å²) in [5.41, 5.74) is 0. The molecule has 0 aromatic heterocycles. The van der Waals surface area contributed by atoms with Gasteiger partial charge in [0.1, 0.15) is 0 Å². The molecule has 1 fully saturated rings. The molecule has 1 aliphatic rings. The maximum absolute atomic E-state index is 3.63. The van der Waals surface area contributed by atoms with Crippen molar-refractivity contribution in [3.05, 3.63) is 12.8 Å². The van der Waals surface area contributed by atoms with Gasteiger partial charge < -0.3 is 4.31 Å². The van der Waals surface area contributed by atoms with Crippen LogP contribution in [0.3, 0.4) is 0 Å². The zero-order valence-electron chi connectivity index (χ0n) is 3.96. The third kappa shape index (κ3) is 1.31. The Labute approximate surface area is 51.7 Å². The molecule has 0 saturated carbocycles. The average molecular weight is 133 g/mol. The van der Waals surface area contributed by atoms with Gasteiger partial charge >= 0.3 is 0 Å². The summed E-state index contributed by atoms with van der Waals surface area (Å²) in [7, 11) is 3.65. The van der Waals surface area contributed by atoms with Gasteiger partial charge in [0.05, 0.1) is 0 Å². The Morgan fingerprint density at radius 3 is 2.86 bits per heavy atom. The monoisotopic (exact) mass is 133 g/mol. The molecule has 40 valence electrons. The van der Waals surface area contributed by atoms with Crippen molar-refractivity contribution in [1.82, 2.24) is 4.31 Å². The van der Waals surface area contributed by atoms with Crippen molar-refractivity contribution < 1.29 is 0 Å². The van der Waals surface area contributed by atoms with E-state index in [1.54, 1.807) is 11.0 Å². The van der Waals surface area contributed by atoms with E-state index in [0.29, 0.717) is 0 Å². The molecule has 0 spiro atoms. The zero-order chi connectivity index (χ0) is 5.11. The second kappa shape index (κ2) is 2.52. The van der Waals surface area contributed by atoms with E-state index in [0.717, 1.165) is 6.54 Å². The van der Waals surface area contributed by atoms with Gasteiger partial charge in [-0.1, -0.05) is 17.4 Å². The van der Waals surface area contributed by atoms with Crippen LogP contribution in [0.25, 0.3) is 0 Å². The summed E-state index contributed by atoms with van der Waals surface area (Å²) in [5.74, 6) is 1.23. The summed E-state index contributed by atoms with van der Waals surface area (Å²) in [6.45, 7) is 4.79. The molecule has 1 rings (SSSR count). The summed E-state index contributed by atoms with van der Waals surface area (Å²) in [5, 5.41) is 0. The molecule has 0 aliphatic carbocycles. The van der Waals surface area contributed by atoms with Crippen LogP contribution >= 0.6 is 21.8 Å². The van der Waals surface area contributed by atoms with Gasteiger partial charge in [0.15, 0.2) is 0 Å². The first-order chi connectivity index (χ1) is 3.43. The van der Waals surface area contributed by atoms with E-state index < -0.39 is 0 Å². The van der Waals surface area contributed by atoms with Crippen molar-refractivity contribution in [3.8, 4) is 0 Å². The smallest absolute Gasteiger partial charge is 0.0396 e. The van der Waals surface area contributed by atoms with Crippen molar-refractivity contribution in [1.29, 1.82) is 0 Å². The first-order valence-electron chi connectivity index (χ1n) is 2.12. The molecule has 0 aromatic rings. The standard InChI is InChI=1S/C4H7NS2/c1-2-5-3-4-6-7-5/h2H,1,3-4H2. The normalized spacial score (nSPS) is 20.3. The van der Waals surface area contributed by atoms with E-state index in [9.17, 15) is 0 Å². The highest BCUT2D eigenvalue weighted by atomic mass is 33.1. The molecule has 1 saturated heterocycles. The molecule has 0 amide bonds. The average Bonchev–Trinajstić information content (AvgIpc) is 2.14. The van der Waals surface area contributed by atoms with Gasteiger partial charge in [0, 0.05) is 29.5 Å². The number of nitrogens with zero attached hydrogens (tertiary/aromatic N) is 1. The molecular formula is C4H7NS2. The van der Waals surface area contributed by atoms with E-state index in [1.165, 1.54) is 5.75 Å². The van der Waals surface area contributed by atoms with Crippen molar-refractivity contribution >= 4 is 21.8 Å². The Morgan fingerprint density at radius 2 is 2.57 bits per heavy atom. The van der Waals surface area contributed by atoms with Crippen LogP contribution in [0.4, 0.5) is 0 Å². The van der Waals surface area contributed by atoms with E-state index in [-0.39, 0.29) is 0 Å². The first-order valence-corrected chi connectivity index (χ1v) is 4.40. The van der Waals surface area contributed by atoms with Crippen LogP contribution in [0.5, 0.6) is 0 Å². The van der Waals surface area contributed by atoms with Gasteiger partial charge in [0.25, 0.3) is 0 Å². The number of rotatable bonds is 1. The second-order valence-electron chi connectivity index (χ2n) is 1.22. The third-order valence-corrected chi connectivity index (χ3v) is 3.12. The summed E-state index contributed by atoms with van der Waals surface area (Å²) in [6.07, 6.45) is 1.87. The molecule has 1 aliphatic heterocycles. The van der Waals surface area contributed by atoms with E-state index in [4.69, 9.17) is 0 Å². The molecule has 0 unspecified atom stereocenters. The Hall–Kier alpha value is 0.240. The maximum Gasteiger partial charge on any atom is 0.0396 e. The molecule has 0 bridgehead atoms. The van der Waals surface area contributed by atoms with Crippen LogP contribution < -0.4 is 0 Å². The van der Waals surface area contributed by atoms with E-state index in [1.807, 2.05) is 17.0 Å². The lowest BCUT2D eigenvalue weighted by molar-refractivity contribution is 0.684. The van der Waals surface area contributed by atoms with Crippen molar-refractivity contribution in [2.24, 2.45) is 0 Å². The molecule has 0 radical (unpaired) electrons. The van der Waals surface area contributed by atoms with Gasteiger partial charge in [0.2, 0.25) is 0 Å². The van der Waals surface area contributed by atoms with Crippen molar-refractivity contribution in [3.63, 3.8) is 0 Å². The molecular weight excluding hydrogens is 126 g/mol. The Kier molecular flexibility index (Phi) is 1.94. The predicted molar refractivity (Wildman–Crippen MR) is 37.0 cm³/mol. The third-order valence-electron chi connectivity index (χ3n) is 0.747. The van der Waals surface area contributed by atoms with Gasteiger partial charge in [-0.05, 0) is 0 Å². The van der Waals surface area contributed by atoms with Crippen LogP contribution in [-0.4, -0.2) is 16.6 Å². The molecule has 7 heavy (non-hydrogen) atoms. The molecule has 0 atom stereocenters. The van der Waals surface area contributed by atoms with Gasteiger partial charge in [-0.2, -0.15) is 0 Å². The summed E-state index contributed by atoms with van der Waals surface area (Å²) in [4.78, 5) is 0. The molecule has 0 N–H and O–H groups in total. The highest BCUT2D eigenvalue weighted by Crippen LogP contribution is 2.32. The van der Waals surface area contributed by atoms with E-state index in [2.05, 4.69) is 10.9 Å². The van der Waals surface area contributed by atoms with Crippen LogP contribution in [-0.2, 0) is 0 Å². The SMILES string of the molecule is C=CN1CCSS1. The Bertz CT molecular complexity index is 68.1. The highest BCUT2D eigenvalue weighted by Gasteiger charge is 2.06. The fourth-order valence-corrected chi connectivity index (χ4v) is 2.47. The number of hydrogen-bond donors (Lipinski definition) is 0. The fourth-order valence-electron chi connectivity index (χ4n) is 0.391. The maximum atomic E-state index is 3.63. The number of hydrogen-bond acceptors (Lipinski definition) is 3. The van der Waals surface area contributed by atoms with Crippen LogP contribution in [0.2, 0.25) is 0 Å².